The third-order valence-corrected chi connectivity index (χ3v) is 1.37. The van der Waals surface area contributed by atoms with E-state index >= 15 is 0 Å². The predicted molar refractivity (Wildman–Crippen MR) is 42.3 cm³/mol. The summed E-state index contributed by atoms with van der Waals surface area (Å²) in [6.45, 7) is 5.00. The first-order chi connectivity index (χ1) is 4.86. The minimum absolute atomic E-state index is 0.157. The maximum atomic E-state index is 10.4. The largest absolute Gasteiger partial charge is 0.479 e. The van der Waals surface area contributed by atoms with Gasteiger partial charge in [0.1, 0.15) is 0 Å². The van der Waals surface area contributed by atoms with Crippen molar-refractivity contribution in [2.24, 2.45) is 0 Å². The van der Waals surface area contributed by atoms with Crippen LogP contribution in [0.4, 0.5) is 0 Å². The zero-order valence-electron chi connectivity index (χ0n) is 7.09. The first kappa shape index (κ1) is 10.2. The van der Waals surface area contributed by atoms with E-state index in [-0.39, 0.29) is 6.42 Å². The van der Waals surface area contributed by atoms with Crippen molar-refractivity contribution >= 4 is 5.97 Å². The Labute approximate surface area is 66.4 Å². The number of carboxylic acid groups (broad SMARTS) is 1. The number of hydrogen-bond acceptors (Lipinski definition) is 2. The number of hydrogen-bond donors (Lipinski definition) is 2. The molecular formula is C8H14O3. The molecule has 0 amide bonds. The Morgan fingerprint density at radius 3 is 2.27 bits per heavy atom. The molecule has 0 aromatic carbocycles. The molecule has 0 heterocycles. The quantitative estimate of drug-likeness (QED) is 0.606. The van der Waals surface area contributed by atoms with Gasteiger partial charge < -0.3 is 10.2 Å². The molecule has 0 aromatic heterocycles. The van der Waals surface area contributed by atoms with E-state index in [2.05, 4.69) is 0 Å². The van der Waals surface area contributed by atoms with Crippen LogP contribution in [0.5, 0.6) is 0 Å². The lowest BCUT2D eigenvalue weighted by Gasteiger charge is -2.14. The van der Waals surface area contributed by atoms with E-state index in [1.807, 2.05) is 13.8 Å². The zero-order chi connectivity index (χ0) is 9.07. The van der Waals surface area contributed by atoms with Gasteiger partial charge in [-0.25, -0.2) is 4.79 Å². The molecule has 1 atom stereocenters. The van der Waals surface area contributed by atoms with Gasteiger partial charge in [-0.3, -0.25) is 0 Å². The molecule has 0 bridgehead atoms. The van der Waals surface area contributed by atoms with Gasteiger partial charge in [-0.1, -0.05) is 11.6 Å². The molecule has 0 saturated heterocycles. The molecule has 0 spiro atoms. The first-order valence-corrected chi connectivity index (χ1v) is 3.45. The average molecular weight is 158 g/mol. The lowest BCUT2D eigenvalue weighted by molar-refractivity contribution is -0.156. The molecule has 64 valence electrons. The Morgan fingerprint density at radius 1 is 1.55 bits per heavy atom. The molecule has 0 unspecified atom stereocenters. The Morgan fingerprint density at radius 2 is 2.00 bits per heavy atom. The van der Waals surface area contributed by atoms with Crippen LogP contribution in [-0.2, 0) is 4.79 Å². The van der Waals surface area contributed by atoms with E-state index in [9.17, 15) is 9.90 Å². The second kappa shape index (κ2) is 3.53. The molecule has 0 rings (SSSR count). The van der Waals surface area contributed by atoms with Crippen LogP contribution < -0.4 is 0 Å². The summed E-state index contributed by atoms with van der Waals surface area (Å²) in [6.07, 6.45) is 1.86. The van der Waals surface area contributed by atoms with Crippen molar-refractivity contribution in [2.45, 2.75) is 32.8 Å². The Bertz CT molecular complexity index is 176. The predicted octanol–water partition coefficient (Wildman–Crippen LogP) is 1.18. The van der Waals surface area contributed by atoms with E-state index in [0.717, 1.165) is 5.57 Å². The lowest BCUT2D eigenvalue weighted by Crippen LogP contribution is -2.34. The van der Waals surface area contributed by atoms with Crippen LogP contribution in [-0.4, -0.2) is 21.8 Å². The zero-order valence-corrected chi connectivity index (χ0v) is 7.09. The molecule has 0 aliphatic carbocycles. The maximum absolute atomic E-state index is 10.4. The highest BCUT2D eigenvalue weighted by Gasteiger charge is 2.27. The third-order valence-electron chi connectivity index (χ3n) is 1.37. The highest BCUT2D eigenvalue weighted by molar-refractivity contribution is 5.76. The van der Waals surface area contributed by atoms with E-state index < -0.39 is 11.6 Å². The van der Waals surface area contributed by atoms with Gasteiger partial charge in [0.2, 0.25) is 0 Å². The monoisotopic (exact) mass is 158 g/mol. The van der Waals surface area contributed by atoms with Crippen LogP contribution in [0.3, 0.4) is 0 Å². The van der Waals surface area contributed by atoms with Crippen LogP contribution in [0.2, 0.25) is 0 Å². The van der Waals surface area contributed by atoms with Gasteiger partial charge in [-0.2, -0.15) is 0 Å². The van der Waals surface area contributed by atoms with Crippen LogP contribution >= 0.6 is 0 Å². The minimum atomic E-state index is -1.63. The molecule has 3 heteroatoms. The molecule has 0 aliphatic heterocycles. The summed E-state index contributed by atoms with van der Waals surface area (Å²) in [5.41, 5.74) is -0.622. The lowest BCUT2D eigenvalue weighted by atomic mass is 10.0. The highest BCUT2D eigenvalue weighted by atomic mass is 16.4. The highest BCUT2D eigenvalue weighted by Crippen LogP contribution is 2.11. The second-order valence-corrected chi connectivity index (χ2v) is 3.06. The fourth-order valence-electron chi connectivity index (χ4n) is 0.490. The van der Waals surface area contributed by atoms with Gasteiger partial charge in [0.25, 0.3) is 0 Å². The van der Waals surface area contributed by atoms with E-state index in [1.54, 1.807) is 6.08 Å². The third kappa shape index (κ3) is 3.78. The molecule has 0 saturated carbocycles. The van der Waals surface area contributed by atoms with Crippen molar-refractivity contribution in [3.05, 3.63) is 11.6 Å². The summed E-state index contributed by atoms with van der Waals surface area (Å²) in [6, 6.07) is 0. The number of aliphatic carboxylic acids is 1. The smallest absolute Gasteiger partial charge is 0.335 e. The van der Waals surface area contributed by atoms with Crippen LogP contribution in [0.1, 0.15) is 27.2 Å². The van der Waals surface area contributed by atoms with Crippen LogP contribution in [0.15, 0.2) is 11.6 Å². The number of rotatable bonds is 3. The van der Waals surface area contributed by atoms with Gasteiger partial charge in [0, 0.05) is 6.42 Å². The van der Waals surface area contributed by atoms with Gasteiger partial charge in [0.15, 0.2) is 5.60 Å². The van der Waals surface area contributed by atoms with Crippen molar-refractivity contribution in [3.8, 4) is 0 Å². The van der Waals surface area contributed by atoms with Gasteiger partial charge >= 0.3 is 5.97 Å². The van der Waals surface area contributed by atoms with Crippen LogP contribution in [0, 0.1) is 0 Å². The number of carboxylic acids is 1. The van der Waals surface area contributed by atoms with Crippen molar-refractivity contribution in [2.75, 3.05) is 0 Å². The first-order valence-electron chi connectivity index (χ1n) is 3.45. The summed E-state index contributed by atoms with van der Waals surface area (Å²) in [5, 5.41) is 17.7. The van der Waals surface area contributed by atoms with E-state index in [1.165, 1.54) is 6.92 Å². The molecule has 3 nitrogen and oxygen atoms in total. The molecule has 0 fully saturated rings. The fraction of sp³-hybridized carbons (Fsp3) is 0.625. The second-order valence-electron chi connectivity index (χ2n) is 3.06. The summed E-state index contributed by atoms with van der Waals surface area (Å²) in [7, 11) is 0. The Balaban J connectivity index is 4.14. The summed E-state index contributed by atoms with van der Waals surface area (Å²) >= 11 is 0. The molecular weight excluding hydrogens is 144 g/mol. The summed E-state index contributed by atoms with van der Waals surface area (Å²) in [4.78, 5) is 10.4. The van der Waals surface area contributed by atoms with Crippen molar-refractivity contribution < 1.29 is 15.0 Å². The minimum Gasteiger partial charge on any atom is -0.479 e. The Hall–Kier alpha value is -0.830. The number of carbonyl (C=O) groups is 1. The van der Waals surface area contributed by atoms with Gasteiger partial charge in [-0.05, 0) is 20.8 Å². The van der Waals surface area contributed by atoms with Gasteiger partial charge in [0.05, 0.1) is 0 Å². The molecule has 0 aromatic rings. The standard InChI is InChI=1S/C8H14O3/c1-6(2)4-5-8(3,11)7(9)10/h4,11H,5H2,1-3H3,(H,9,10)/t8-/m1/s1. The normalized spacial score (nSPS) is 15.3. The summed E-state index contributed by atoms with van der Waals surface area (Å²) < 4.78 is 0. The Kier molecular flexibility index (Phi) is 3.26. The average Bonchev–Trinajstić information content (AvgIpc) is 1.84. The van der Waals surface area contributed by atoms with Crippen molar-refractivity contribution in [3.63, 3.8) is 0 Å². The topological polar surface area (TPSA) is 57.5 Å². The van der Waals surface area contributed by atoms with Crippen molar-refractivity contribution in [1.82, 2.24) is 0 Å². The van der Waals surface area contributed by atoms with Crippen LogP contribution in [0.25, 0.3) is 0 Å². The molecule has 0 radical (unpaired) electrons. The fourth-order valence-corrected chi connectivity index (χ4v) is 0.490. The van der Waals surface area contributed by atoms with Crippen molar-refractivity contribution in [1.29, 1.82) is 0 Å². The summed E-state index contributed by atoms with van der Waals surface area (Å²) in [5.74, 6) is -1.19. The van der Waals surface area contributed by atoms with E-state index in [0.29, 0.717) is 0 Å². The molecule has 2 N–H and O–H groups in total. The maximum Gasteiger partial charge on any atom is 0.335 e. The number of aliphatic hydroxyl groups is 1. The number of allylic oxidation sites excluding steroid dienone is 1. The molecule has 0 aliphatic rings. The molecule has 11 heavy (non-hydrogen) atoms. The van der Waals surface area contributed by atoms with Gasteiger partial charge in [-0.15, -0.1) is 0 Å². The van der Waals surface area contributed by atoms with E-state index in [4.69, 9.17) is 5.11 Å². The SMILES string of the molecule is CC(C)=CC[C@@](C)(O)C(=O)O.